The second-order valence-corrected chi connectivity index (χ2v) is 10.5. The van der Waals surface area contributed by atoms with Gasteiger partial charge in [0.25, 0.3) is 5.91 Å². The number of ether oxygens (including phenoxy) is 1. The van der Waals surface area contributed by atoms with Gasteiger partial charge in [-0.1, -0.05) is 54.6 Å². The number of sulfonamides is 1. The molecular weight excluding hydrogens is 488 g/mol. The van der Waals surface area contributed by atoms with Crippen LogP contribution in [-0.4, -0.2) is 30.5 Å². The molecule has 8 nitrogen and oxygen atoms in total. The van der Waals surface area contributed by atoms with Crippen LogP contribution in [0.3, 0.4) is 0 Å². The second-order valence-electron chi connectivity index (χ2n) is 8.72. The van der Waals surface area contributed by atoms with Crippen molar-refractivity contribution in [1.82, 2.24) is 9.97 Å². The van der Waals surface area contributed by atoms with Crippen molar-refractivity contribution in [2.75, 3.05) is 16.3 Å². The lowest BCUT2D eigenvalue weighted by atomic mass is 10.0. The van der Waals surface area contributed by atoms with E-state index in [9.17, 15) is 13.2 Å². The molecule has 0 saturated carbocycles. The first kappa shape index (κ1) is 26.0. The second kappa shape index (κ2) is 11.3. The molecule has 0 fully saturated rings. The van der Waals surface area contributed by atoms with Gasteiger partial charge in [-0.3, -0.25) is 14.5 Å². The highest BCUT2D eigenvalue weighted by Crippen LogP contribution is 2.24. The van der Waals surface area contributed by atoms with E-state index >= 15 is 0 Å². The maximum atomic E-state index is 13.1. The number of carbonyl (C=O) groups is 1. The third-order valence-electron chi connectivity index (χ3n) is 5.61. The molecule has 0 unspecified atom stereocenters. The predicted molar refractivity (Wildman–Crippen MR) is 145 cm³/mol. The van der Waals surface area contributed by atoms with Gasteiger partial charge in [0.1, 0.15) is 0 Å². The summed E-state index contributed by atoms with van der Waals surface area (Å²) in [4.78, 5) is 21.7. The van der Waals surface area contributed by atoms with E-state index in [2.05, 4.69) is 20.0 Å². The van der Waals surface area contributed by atoms with Crippen LogP contribution in [0.1, 0.15) is 32.7 Å². The van der Waals surface area contributed by atoms with Gasteiger partial charge in [0.2, 0.25) is 10.0 Å². The number of carbonyl (C=O) groups excluding carboxylic acids is 1. The van der Waals surface area contributed by atoms with E-state index < -0.39 is 10.0 Å². The van der Waals surface area contributed by atoms with Crippen LogP contribution >= 0.6 is 0 Å². The lowest BCUT2D eigenvalue weighted by molar-refractivity contribution is 0.102. The van der Waals surface area contributed by atoms with Crippen LogP contribution in [0.4, 0.5) is 11.5 Å². The molecule has 0 saturated heterocycles. The summed E-state index contributed by atoms with van der Waals surface area (Å²) in [6.45, 7) is 4.52. The van der Waals surface area contributed by atoms with Crippen molar-refractivity contribution in [3.05, 3.63) is 107 Å². The molecule has 9 heteroatoms. The smallest absolute Gasteiger partial charge is 0.255 e. The molecule has 0 aliphatic heterocycles. The number of hydrogen-bond acceptors (Lipinski definition) is 6. The van der Waals surface area contributed by atoms with Crippen LogP contribution < -0.4 is 10.0 Å². The van der Waals surface area contributed by atoms with Crippen LogP contribution in [0.5, 0.6) is 0 Å². The average molecular weight is 517 g/mol. The van der Waals surface area contributed by atoms with E-state index in [0.717, 1.165) is 22.9 Å². The zero-order chi connectivity index (χ0) is 26.4. The molecule has 190 valence electrons. The highest BCUT2D eigenvalue weighted by Gasteiger charge is 2.14. The molecule has 1 heterocycles. The first-order valence-corrected chi connectivity index (χ1v) is 13.5. The maximum absolute atomic E-state index is 13.1. The molecule has 4 rings (SSSR count). The van der Waals surface area contributed by atoms with E-state index in [1.807, 2.05) is 73.7 Å². The van der Waals surface area contributed by atoms with Crippen molar-refractivity contribution in [2.45, 2.75) is 27.1 Å². The average Bonchev–Trinajstić information content (AvgIpc) is 2.86. The predicted octanol–water partition coefficient (Wildman–Crippen LogP) is 5.10. The fourth-order valence-corrected chi connectivity index (χ4v) is 4.17. The Labute approximate surface area is 216 Å². The quantitative estimate of drug-likeness (QED) is 0.320. The molecular formula is C28H28N4O4S. The van der Waals surface area contributed by atoms with Crippen LogP contribution in [0.15, 0.2) is 79.0 Å². The fraction of sp³-hybridized carbons (Fsp3) is 0.179. The van der Waals surface area contributed by atoms with Crippen molar-refractivity contribution >= 4 is 27.4 Å². The Balaban J connectivity index is 1.44. The number of aromatic nitrogens is 2. The van der Waals surface area contributed by atoms with E-state index in [-0.39, 0.29) is 11.7 Å². The minimum atomic E-state index is -3.51. The summed E-state index contributed by atoms with van der Waals surface area (Å²) < 4.78 is 31.5. The largest absolute Gasteiger partial charge is 0.372 e. The molecule has 4 aromatic rings. The minimum absolute atomic E-state index is 0.152. The molecule has 2 N–H and O–H groups in total. The zero-order valence-corrected chi connectivity index (χ0v) is 21.7. The van der Waals surface area contributed by atoms with Crippen molar-refractivity contribution in [2.24, 2.45) is 0 Å². The molecule has 3 aromatic carbocycles. The molecule has 0 atom stereocenters. The Bertz CT molecular complexity index is 1510. The highest BCUT2D eigenvalue weighted by molar-refractivity contribution is 7.92. The van der Waals surface area contributed by atoms with E-state index in [4.69, 9.17) is 4.74 Å². The van der Waals surface area contributed by atoms with Crippen LogP contribution in [-0.2, 0) is 28.0 Å². The molecule has 0 aliphatic rings. The van der Waals surface area contributed by atoms with Crippen LogP contribution in [0, 0.1) is 13.8 Å². The van der Waals surface area contributed by atoms with Gasteiger partial charge >= 0.3 is 0 Å². The van der Waals surface area contributed by atoms with E-state index in [1.165, 1.54) is 0 Å². The Morgan fingerprint density at radius 1 is 0.919 bits per heavy atom. The maximum Gasteiger partial charge on any atom is 0.255 e. The zero-order valence-electron chi connectivity index (χ0n) is 20.9. The Kier molecular flexibility index (Phi) is 7.95. The monoisotopic (exact) mass is 516 g/mol. The summed E-state index contributed by atoms with van der Waals surface area (Å²) in [5, 5.41) is 2.93. The number of nitrogens with zero attached hydrogens (tertiary/aromatic N) is 2. The Morgan fingerprint density at radius 2 is 1.59 bits per heavy atom. The number of nitrogens with one attached hydrogen (secondary N) is 2. The molecule has 1 aromatic heterocycles. The summed E-state index contributed by atoms with van der Waals surface area (Å²) in [5.41, 5.74) is 5.60. The van der Waals surface area contributed by atoms with Crippen molar-refractivity contribution in [3.8, 4) is 11.3 Å². The summed E-state index contributed by atoms with van der Waals surface area (Å²) >= 11 is 0. The lowest BCUT2D eigenvalue weighted by Crippen LogP contribution is -2.14. The minimum Gasteiger partial charge on any atom is -0.372 e. The number of amides is 1. The van der Waals surface area contributed by atoms with Crippen molar-refractivity contribution < 1.29 is 17.9 Å². The molecule has 37 heavy (non-hydrogen) atoms. The normalized spacial score (nSPS) is 11.2. The summed E-state index contributed by atoms with van der Waals surface area (Å²) in [7, 11) is -3.51. The van der Waals surface area contributed by atoms with Gasteiger partial charge in [-0.2, -0.15) is 0 Å². The van der Waals surface area contributed by atoms with Crippen LogP contribution in [0.2, 0.25) is 0 Å². The van der Waals surface area contributed by atoms with Gasteiger partial charge in [0.15, 0.2) is 5.82 Å². The molecule has 0 bridgehead atoms. The van der Waals surface area contributed by atoms with Gasteiger partial charge in [-0.25, -0.2) is 13.4 Å². The number of aryl methyl sites for hydroxylation is 2. The first-order valence-electron chi connectivity index (χ1n) is 11.6. The standard InChI is InChI=1S/C28H28N4O4S/c1-19-9-12-23(26-16-29-20(2)27(31-26)32-37(3,34)35)15-25(19)28(33)30-24-13-10-22(11-14-24)18-36-17-21-7-5-4-6-8-21/h4-16H,17-18H2,1-3H3,(H,30,33)(H,31,32). The third-order valence-corrected chi connectivity index (χ3v) is 6.17. The summed E-state index contributed by atoms with van der Waals surface area (Å²) in [6.07, 6.45) is 2.60. The van der Waals surface area contributed by atoms with Gasteiger partial charge in [-0.15, -0.1) is 0 Å². The van der Waals surface area contributed by atoms with Gasteiger partial charge in [0, 0.05) is 16.8 Å². The SMILES string of the molecule is Cc1ccc(-c2cnc(C)c(NS(C)(=O)=O)n2)cc1C(=O)Nc1ccc(COCc2ccccc2)cc1. The topological polar surface area (TPSA) is 110 Å². The molecule has 1 amide bonds. The van der Waals surface area contributed by atoms with Crippen molar-refractivity contribution in [3.63, 3.8) is 0 Å². The van der Waals surface area contributed by atoms with E-state index in [1.54, 1.807) is 19.2 Å². The number of anilines is 2. The van der Waals surface area contributed by atoms with E-state index in [0.29, 0.717) is 41.4 Å². The molecule has 0 radical (unpaired) electrons. The third kappa shape index (κ3) is 7.22. The molecule has 0 spiro atoms. The number of rotatable bonds is 9. The summed E-state index contributed by atoms with van der Waals surface area (Å²) in [6, 6.07) is 22.9. The fourth-order valence-electron chi connectivity index (χ4n) is 3.63. The lowest BCUT2D eigenvalue weighted by Gasteiger charge is -2.12. The van der Waals surface area contributed by atoms with Crippen LogP contribution in [0.25, 0.3) is 11.3 Å². The Hall–Kier alpha value is -4.08. The highest BCUT2D eigenvalue weighted by atomic mass is 32.2. The number of hydrogen-bond donors (Lipinski definition) is 2. The number of benzene rings is 3. The first-order chi connectivity index (χ1) is 17.7. The van der Waals surface area contributed by atoms with Crippen molar-refractivity contribution in [1.29, 1.82) is 0 Å². The Morgan fingerprint density at radius 3 is 2.27 bits per heavy atom. The van der Waals surface area contributed by atoms with Gasteiger partial charge in [-0.05, 0) is 48.7 Å². The van der Waals surface area contributed by atoms with Gasteiger partial charge < -0.3 is 10.1 Å². The summed E-state index contributed by atoms with van der Waals surface area (Å²) in [5.74, 6) is -0.110. The van der Waals surface area contributed by atoms with Gasteiger partial charge in [0.05, 0.1) is 37.1 Å². The molecule has 0 aliphatic carbocycles.